The fraction of sp³-hybridized carbons (Fsp3) is 0.308. The Hall–Kier alpha value is -2.94. The number of para-hydroxylation sites is 1. The highest BCUT2D eigenvalue weighted by atomic mass is 15.1. The van der Waals surface area contributed by atoms with Crippen LogP contribution in [0, 0.1) is 13.8 Å². The number of fused-ring (bicyclic) bond motifs is 8. The number of aryl methyl sites for hydroxylation is 3. The van der Waals surface area contributed by atoms with Crippen molar-refractivity contribution in [3.63, 3.8) is 0 Å². The van der Waals surface area contributed by atoms with Crippen molar-refractivity contribution >= 4 is 38.5 Å². The van der Waals surface area contributed by atoms with Crippen LogP contribution in [0.25, 0.3) is 38.5 Å². The second-order valence-corrected chi connectivity index (χ2v) is 8.77. The van der Waals surface area contributed by atoms with Crippen molar-refractivity contribution in [2.24, 2.45) is 7.05 Å². The van der Waals surface area contributed by atoms with Crippen LogP contribution in [0.3, 0.4) is 0 Å². The summed E-state index contributed by atoms with van der Waals surface area (Å²) in [5, 5.41) is 2.48. The van der Waals surface area contributed by atoms with Gasteiger partial charge in [-0.2, -0.15) is 4.40 Å². The number of rotatable bonds is 1. The van der Waals surface area contributed by atoms with Crippen molar-refractivity contribution in [3.8, 4) is 0 Å². The number of nitrogens with zero attached hydrogens (tertiary/aromatic N) is 3. The molecule has 0 N–H and O–H groups in total. The molecule has 1 saturated carbocycles. The maximum Gasteiger partial charge on any atom is 0.297 e. The molecular formula is C26H26N3+. The topological polar surface area (TPSA) is 21.9 Å². The molecule has 0 spiro atoms. The normalized spacial score (nSPS) is 15.4. The summed E-state index contributed by atoms with van der Waals surface area (Å²) in [5.74, 6) is 0.724. The summed E-state index contributed by atoms with van der Waals surface area (Å²) < 4.78 is 4.82. The van der Waals surface area contributed by atoms with Gasteiger partial charge >= 0.3 is 0 Å². The van der Waals surface area contributed by atoms with Gasteiger partial charge < -0.3 is 0 Å². The van der Waals surface area contributed by atoms with E-state index in [2.05, 4.69) is 78.4 Å². The molecule has 1 aliphatic carbocycles. The van der Waals surface area contributed by atoms with E-state index in [0.717, 1.165) is 17.1 Å². The van der Waals surface area contributed by atoms with Gasteiger partial charge in [0, 0.05) is 11.1 Å². The molecule has 3 nitrogen and oxygen atoms in total. The summed E-state index contributed by atoms with van der Waals surface area (Å²) in [6, 6.07) is 18.0. The standard InChI is InChI=1S/C26H26N3/c1-16-14-17(2)27-25-20-10-6-7-11-21(20)29-22-13-12-19(18-8-4-5-9-18)15-23(22)28(3)26(29)24(16)25/h6-7,10-15,18H,4-5,8-9H2,1-3H3/q+1. The van der Waals surface area contributed by atoms with E-state index in [1.807, 2.05) is 0 Å². The lowest BCUT2D eigenvalue weighted by molar-refractivity contribution is -0.449. The predicted molar refractivity (Wildman–Crippen MR) is 120 cm³/mol. The lowest BCUT2D eigenvalue weighted by atomic mass is 9.97. The molecule has 0 unspecified atom stereocenters. The average Bonchev–Trinajstić information content (AvgIpc) is 3.35. The molecule has 3 heteroatoms. The molecule has 0 radical (unpaired) electrons. The molecule has 0 aliphatic heterocycles. The van der Waals surface area contributed by atoms with Crippen molar-refractivity contribution < 1.29 is 4.40 Å². The third-order valence-electron chi connectivity index (χ3n) is 6.93. The second kappa shape index (κ2) is 6.03. The number of imidazole rings is 1. The van der Waals surface area contributed by atoms with Crippen molar-refractivity contribution in [2.75, 3.05) is 0 Å². The highest BCUT2D eigenvalue weighted by Gasteiger charge is 2.26. The molecule has 29 heavy (non-hydrogen) atoms. The summed E-state index contributed by atoms with van der Waals surface area (Å²) in [7, 11) is 2.21. The number of pyridine rings is 2. The molecule has 3 heterocycles. The molecule has 144 valence electrons. The molecule has 0 amide bonds. The number of hydrogen-bond acceptors (Lipinski definition) is 1. The van der Waals surface area contributed by atoms with Gasteiger partial charge in [-0.25, -0.2) is 4.57 Å². The molecule has 1 fully saturated rings. The van der Waals surface area contributed by atoms with Gasteiger partial charge in [-0.1, -0.05) is 31.0 Å². The molecule has 6 rings (SSSR count). The molecular weight excluding hydrogens is 354 g/mol. The number of hydrogen-bond donors (Lipinski definition) is 0. The Labute approximate surface area is 170 Å². The van der Waals surface area contributed by atoms with E-state index in [1.165, 1.54) is 69.8 Å². The zero-order valence-electron chi connectivity index (χ0n) is 17.4. The van der Waals surface area contributed by atoms with Crippen LogP contribution >= 0.6 is 0 Å². The minimum absolute atomic E-state index is 0.724. The van der Waals surface area contributed by atoms with Crippen molar-refractivity contribution in [1.29, 1.82) is 0 Å². The largest absolute Gasteiger partial charge is 0.297 e. The van der Waals surface area contributed by atoms with E-state index >= 15 is 0 Å². The maximum absolute atomic E-state index is 4.98. The van der Waals surface area contributed by atoms with Gasteiger partial charge in [-0.05, 0) is 74.1 Å². The zero-order valence-corrected chi connectivity index (χ0v) is 17.4. The van der Waals surface area contributed by atoms with Crippen molar-refractivity contribution in [1.82, 2.24) is 9.55 Å². The first-order valence-electron chi connectivity index (χ1n) is 10.8. The molecule has 2 aromatic carbocycles. The smallest absolute Gasteiger partial charge is 0.252 e. The van der Waals surface area contributed by atoms with Crippen LogP contribution in [0.2, 0.25) is 0 Å². The highest BCUT2D eigenvalue weighted by Crippen LogP contribution is 2.36. The van der Waals surface area contributed by atoms with Gasteiger partial charge in [0.2, 0.25) is 0 Å². The van der Waals surface area contributed by atoms with Gasteiger partial charge in [0.05, 0.1) is 18.0 Å². The van der Waals surface area contributed by atoms with E-state index in [1.54, 1.807) is 0 Å². The van der Waals surface area contributed by atoms with Gasteiger partial charge in [-0.15, -0.1) is 0 Å². The predicted octanol–water partition coefficient (Wildman–Crippen LogP) is 5.89. The molecule has 1 aliphatic rings. The van der Waals surface area contributed by atoms with Crippen molar-refractivity contribution in [2.45, 2.75) is 45.4 Å². The van der Waals surface area contributed by atoms with E-state index in [-0.39, 0.29) is 0 Å². The summed E-state index contributed by atoms with van der Waals surface area (Å²) >= 11 is 0. The first kappa shape index (κ1) is 17.0. The summed E-state index contributed by atoms with van der Waals surface area (Å²) in [6.45, 7) is 4.31. The summed E-state index contributed by atoms with van der Waals surface area (Å²) in [5.41, 5.74) is 10.0. The average molecular weight is 381 g/mol. The van der Waals surface area contributed by atoms with E-state index < -0.39 is 0 Å². The van der Waals surface area contributed by atoms with Crippen LogP contribution < -0.4 is 4.40 Å². The quantitative estimate of drug-likeness (QED) is 0.262. The van der Waals surface area contributed by atoms with Gasteiger partial charge in [0.1, 0.15) is 5.52 Å². The Kier molecular flexibility index (Phi) is 3.53. The van der Waals surface area contributed by atoms with E-state index in [4.69, 9.17) is 4.98 Å². The summed E-state index contributed by atoms with van der Waals surface area (Å²) in [4.78, 5) is 4.98. The molecule has 5 aromatic rings. The van der Waals surface area contributed by atoms with Crippen LogP contribution in [-0.4, -0.2) is 9.55 Å². The first-order chi connectivity index (χ1) is 14.1. The van der Waals surface area contributed by atoms with Crippen molar-refractivity contribution in [3.05, 3.63) is 65.4 Å². The third kappa shape index (κ3) is 2.30. The van der Waals surface area contributed by atoms with E-state index in [9.17, 15) is 0 Å². The van der Waals surface area contributed by atoms with Gasteiger partial charge in [0.15, 0.2) is 11.0 Å². The van der Waals surface area contributed by atoms with Crippen LogP contribution in [0.4, 0.5) is 0 Å². The maximum atomic E-state index is 4.98. The van der Waals surface area contributed by atoms with Crippen LogP contribution in [-0.2, 0) is 7.05 Å². The lowest BCUT2D eigenvalue weighted by Gasteiger charge is -2.08. The highest BCUT2D eigenvalue weighted by molar-refractivity contribution is 6.09. The fourth-order valence-corrected chi connectivity index (χ4v) is 5.60. The molecule has 0 saturated heterocycles. The van der Waals surface area contributed by atoms with E-state index in [0.29, 0.717) is 0 Å². The Morgan fingerprint density at radius 3 is 2.59 bits per heavy atom. The minimum atomic E-state index is 0.724. The third-order valence-corrected chi connectivity index (χ3v) is 6.93. The Bertz CT molecular complexity index is 1440. The first-order valence-corrected chi connectivity index (χ1v) is 10.8. The number of aromatic nitrogens is 3. The molecule has 0 bridgehead atoms. The Morgan fingerprint density at radius 2 is 1.76 bits per heavy atom. The Balaban J connectivity index is 1.84. The second-order valence-electron chi connectivity index (χ2n) is 8.77. The minimum Gasteiger partial charge on any atom is -0.252 e. The van der Waals surface area contributed by atoms with Gasteiger partial charge in [-0.3, -0.25) is 4.98 Å². The monoisotopic (exact) mass is 380 g/mol. The lowest BCUT2D eigenvalue weighted by Crippen LogP contribution is -2.23. The van der Waals surface area contributed by atoms with Crippen LogP contribution in [0.1, 0.15) is 48.4 Å². The Morgan fingerprint density at radius 1 is 0.966 bits per heavy atom. The summed E-state index contributed by atoms with van der Waals surface area (Å²) in [6.07, 6.45) is 5.39. The SMILES string of the molecule is Cc1cc(C)c2c(n1)c1ccccc1[n+]1c3ccc(C4CCCC4)cc3n(C)c21. The fourth-order valence-electron chi connectivity index (χ4n) is 5.60. The van der Waals surface area contributed by atoms with Crippen LogP contribution in [0.15, 0.2) is 48.5 Å². The number of benzene rings is 2. The molecule has 3 aromatic heterocycles. The molecule has 0 atom stereocenters. The zero-order chi connectivity index (χ0) is 19.7. The van der Waals surface area contributed by atoms with Gasteiger partial charge in [0.25, 0.3) is 5.65 Å². The van der Waals surface area contributed by atoms with Crippen LogP contribution in [0.5, 0.6) is 0 Å².